The maximum absolute atomic E-state index is 5.63. The largest absolute Gasteiger partial charge is 0.374 e. The highest BCUT2D eigenvalue weighted by Crippen LogP contribution is 2.10. The molecular weight excluding hydrogens is 208 g/mol. The molecule has 1 aromatic heterocycles. The SMILES string of the molecule is CNCC1CN(Cc2nonc2C)CCO1. The van der Waals surface area contributed by atoms with E-state index < -0.39 is 0 Å². The first-order valence-electron chi connectivity index (χ1n) is 5.56. The van der Waals surface area contributed by atoms with E-state index in [0.717, 1.165) is 44.2 Å². The van der Waals surface area contributed by atoms with Gasteiger partial charge in [-0.25, -0.2) is 4.63 Å². The number of aromatic nitrogens is 2. The zero-order chi connectivity index (χ0) is 11.4. The summed E-state index contributed by atoms with van der Waals surface area (Å²) in [6, 6.07) is 0. The van der Waals surface area contributed by atoms with Crippen LogP contribution in [0.1, 0.15) is 11.4 Å². The Balaban J connectivity index is 1.88. The van der Waals surface area contributed by atoms with Crippen LogP contribution < -0.4 is 5.32 Å². The lowest BCUT2D eigenvalue weighted by Crippen LogP contribution is -2.45. The third-order valence-corrected chi connectivity index (χ3v) is 2.77. The number of nitrogens with zero attached hydrogens (tertiary/aromatic N) is 3. The van der Waals surface area contributed by atoms with Gasteiger partial charge in [0.1, 0.15) is 11.4 Å². The van der Waals surface area contributed by atoms with Crippen molar-refractivity contribution in [2.45, 2.75) is 19.6 Å². The molecule has 1 aliphatic heterocycles. The van der Waals surface area contributed by atoms with Gasteiger partial charge in [-0.15, -0.1) is 0 Å². The zero-order valence-electron chi connectivity index (χ0n) is 9.77. The van der Waals surface area contributed by atoms with Crippen molar-refractivity contribution < 1.29 is 9.37 Å². The molecule has 1 aromatic rings. The van der Waals surface area contributed by atoms with Crippen molar-refractivity contribution in [1.82, 2.24) is 20.5 Å². The Morgan fingerprint density at radius 2 is 2.38 bits per heavy atom. The Hall–Kier alpha value is -0.980. The molecule has 1 aliphatic rings. The van der Waals surface area contributed by atoms with Crippen LogP contribution in [0.4, 0.5) is 0 Å². The second-order valence-electron chi connectivity index (χ2n) is 4.08. The topological polar surface area (TPSA) is 63.4 Å². The summed E-state index contributed by atoms with van der Waals surface area (Å²) < 4.78 is 10.3. The van der Waals surface area contributed by atoms with Crippen LogP contribution in [0.25, 0.3) is 0 Å². The lowest BCUT2D eigenvalue weighted by molar-refractivity contribution is -0.0297. The van der Waals surface area contributed by atoms with E-state index in [4.69, 9.17) is 9.37 Å². The van der Waals surface area contributed by atoms with Gasteiger partial charge in [0.2, 0.25) is 0 Å². The molecule has 0 spiro atoms. The van der Waals surface area contributed by atoms with Crippen molar-refractivity contribution in [1.29, 1.82) is 0 Å². The second kappa shape index (κ2) is 5.38. The van der Waals surface area contributed by atoms with Crippen LogP contribution in [-0.2, 0) is 11.3 Å². The van der Waals surface area contributed by atoms with Gasteiger partial charge in [-0.05, 0) is 14.0 Å². The molecule has 1 unspecified atom stereocenters. The number of hydrogen-bond acceptors (Lipinski definition) is 6. The van der Waals surface area contributed by atoms with Gasteiger partial charge in [-0.1, -0.05) is 10.3 Å². The van der Waals surface area contributed by atoms with Crippen LogP contribution in [0.2, 0.25) is 0 Å². The van der Waals surface area contributed by atoms with Crippen molar-refractivity contribution in [3.8, 4) is 0 Å². The van der Waals surface area contributed by atoms with Gasteiger partial charge < -0.3 is 10.1 Å². The first-order valence-corrected chi connectivity index (χ1v) is 5.56. The molecule has 0 amide bonds. The number of nitrogens with one attached hydrogen (secondary N) is 1. The maximum atomic E-state index is 5.63. The quantitative estimate of drug-likeness (QED) is 0.767. The van der Waals surface area contributed by atoms with E-state index in [1.54, 1.807) is 0 Å². The van der Waals surface area contributed by atoms with Crippen LogP contribution in [0, 0.1) is 6.92 Å². The summed E-state index contributed by atoms with van der Waals surface area (Å²) in [6.45, 7) is 6.22. The first kappa shape index (κ1) is 11.5. The minimum Gasteiger partial charge on any atom is -0.374 e. The van der Waals surface area contributed by atoms with Crippen molar-refractivity contribution >= 4 is 0 Å². The van der Waals surface area contributed by atoms with Gasteiger partial charge in [-0.2, -0.15) is 0 Å². The minimum atomic E-state index is 0.263. The van der Waals surface area contributed by atoms with E-state index in [1.165, 1.54) is 0 Å². The van der Waals surface area contributed by atoms with Crippen LogP contribution >= 0.6 is 0 Å². The molecule has 16 heavy (non-hydrogen) atoms. The van der Waals surface area contributed by atoms with Gasteiger partial charge in [0.15, 0.2) is 0 Å². The highest BCUT2D eigenvalue weighted by atomic mass is 16.6. The zero-order valence-corrected chi connectivity index (χ0v) is 9.77. The number of hydrogen-bond donors (Lipinski definition) is 1. The van der Waals surface area contributed by atoms with Crippen LogP contribution in [0.15, 0.2) is 4.63 Å². The summed E-state index contributed by atoms with van der Waals surface area (Å²) in [5, 5.41) is 10.8. The molecule has 0 bridgehead atoms. The van der Waals surface area contributed by atoms with Gasteiger partial charge in [0.25, 0.3) is 0 Å². The van der Waals surface area contributed by atoms with Gasteiger partial charge >= 0.3 is 0 Å². The third-order valence-electron chi connectivity index (χ3n) is 2.77. The second-order valence-corrected chi connectivity index (χ2v) is 4.08. The molecule has 6 heteroatoms. The lowest BCUT2D eigenvalue weighted by Gasteiger charge is -2.32. The van der Waals surface area contributed by atoms with Gasteiger partial charge in [0.05, 0.1) is 12.7 Å². The molecule has 1 atom stereocenters. The van der Waals surface area contributed by atoms with E-state index in [9.17, 15) is 0 Å². The van der Waals surface area contributed by atoms with Crippen molar-refractivity contribution in [2.24, 2.45) is 0 Å². The van der Waals surface area contributed by atoms with Crippen molar-refractivity contribution in [2.75, 3.05) is 33.3 Å². The Morgan fingerprint density at radius 3 is 3.06 bits per heavy atom. The fourth-order valence-corrected chi connectivity index (χ4v) is 1.88. The van der Waals surface area contributed by atoms with E-state index in [2.05, 4.69) is 20.5 Å². The Morgan fingerprint density at radius 1 is 1.50 bits per heavy atom. The Labute approximate surface area is 94.9 Å². The number of rotatable bonds is 4. The van der Waals surface area contributed by atoms with Crippen LogP contribution in [0.5, 0.6) is 0 Å². The number of aryl methyl sites for hydroxylation is 1. The van der Waals surface area contributed by atoms with Crippen molar-refractivity contribution in [3.05, 3.63) is 11.4 Å². The molecule has 2 rings (SSSR count). The monoisotopic (exact) mass is 226 g/mol. The predicted octanol–water partition coefficient (Wildman–Crippen LogP) is -0.202. The fraction of sp³-hybridized carbons (Fsp3) is 0.800. The van der Waals surface area contributed by atoms with Crippen molar-refractivity contribution in [3.63, 3.8) is 0 Å². The average Bonchev–Trinajstić information content (AvgIpc) is 2.66. The molecule has 6 nitrogen and oxygen atoms in total. The molecule has 0 radical (unpaired) electrons. The first-order chi connectivity index (χ1) is 7.79. The third kappa shape index (κ3) is 2.78. The summed E-state index contributed by atoms with van der Waals surface area (Å²) in [6.07, 6.45) is 0.263. The lowest BCUT2D eigenvalue weighted by atomic mass is 10.2. The summed E-state index contributed by atoms with van der Waals surface area (Å²) in [4.78, 5) is 2.32. The fourth-order valence-electron chi connectivity index (χ4n) is 1.88. The molecular formula is C10H18N4O2. The molecule has 0 saturated carbocycles. The molecule has 1 N–H and O–H groups in total. The highest BCUT2D eigenvalue weighted by Gasteiger charge is 2.21. The minimum absolute atomic E-state index is 0.263. The van der Waals surface area contributed by atoms with E-state index in [1.807, 2.05) is 14.0 Å². The highest BCUT2D eigenvalue weighted by molar-refractivity contribution is 5.04. The summed E-state index contributed by atoms with van der Waals surface area (Å²) in [5.41, 5.74) is 1.79. The van der Waals surface area contributed by atoms with E-state index in [-0.39, 0.29) is 6.10 Å². The van der Waals surface area contributed by atoms with Gasteiger partial charge in [-0.3, -0.25) is 4.90 Å². The average molecular weight is 226 g/mol. The number of likely N-dealkylation sites (N-methyl/N-ethyl adjacent to an activating group) is 1. The molecule has 2 heterocycles. The molecule has 0 aliphatic carbocycles. The molecule has 1 fully saturated rings. The van der Waals surface area contributed by atoms with Crippen LogP contribution in [0.3, 0.4) is 0 Å². The smallest absolute Gasteiger partial charge is 0.122 e. The normalized spacial score (nSPS) is 22.5. The molecule has 0 aromatic carbocycles. The van der Waals surface area contributed by atoms with Crippen LogP contribution in [-0.4, -0.2) is 54.6 Å². The Kier molecular flexibility index (Phi) is 3.87. The summed E-state index contributed by atoms with van der Waals surface area (Å²) >= 11 is 0. The van der Waals surface area contributed by atoms with E-state index >= 15 is 0 Å². The standard InChI is InChI=1S/C10H18N4O2/c1-8-10(13-16-12-8)7-14-3-4-15-9(6-14)5-11-2/h9,11H,3-7H2,1-2H3. The molecule has 90 valence electrons. The summed E-state index contributed by atoms with van der Waals surface area (Å²) in [7, 11) is 1.94. The number of morpholine rings is 1. The molecule has 1 saturated heterocycles. The van der Waals surface area contributed by atoms with Gasteiger partial charge in [0, 0.05) is 26.2 Å². The number of ether oxygens (including phenoxy) is 1. The Bertz CT molecular complexity index is 326. The summed E-state index contributed by atoms with van der Waals surface area (Å²) in [5.74, 6) is 0. The van der Waals surface area contributed by atoms with E-state index in [0.29, 0.717) is 0 Å². The maximum Gasteiger partial charge on any atom is 0.122 e. The predicted molar refractivity (Wildman–Crippen MR) is 58.0 cm³/mol.